The van der Waals surface area contributed by atoms with Crippen LogP contribution in [0.2, 0.25) is 5.02 Å². The van der Waals surface area contributed by atoms with E-state index in [4.69, 9.17) is 17.3 Å². The van der Waals surface area contributed by atoms with E-state index in [0.29, 0.717) is 17.6 Å². The highest BCUT2D eigenvalue weighted by atomic mass is 35.5. The van der Waals surface area contributed by atoms with Gasteiger partial charge in [-0.15, -0.1) is 11.3 Å². The zero-order valence-corrected chi connectivity index (χ0v) is 12.7. The van der Waals surface area contributed by atoms with E-state index in [1.54, 1.807) is 17.5 Å². The molecule has 102 valence electrons. The maximum atomic E-state index is 6.04. The summed E-state index contributed by atoms with van der Waals surface area (Å²) in [5.41, 5.74) is 6.61. The summed E-state index contributed by atoms with van der Waals surface area (Å²) in [7, 11) is 2.05. The van der Waals surface area contributed by atoms with Gasteiger partial charge in [-0.3, -0.25) is 0 Å². The van der Waals surface area contributed by atoms with Gasteiger partial charge >= 0.3 is 0 Å². The lowest BCUT2D eigenvalue weighted by atomic mass is 10.1. The van der Waals surface area contributed by atoms with Gasteiger partial charge in [-0.05, 0) is 30.0 Å². The van der Waals surface area contributed by atoms with Crippen molar-refractivity contribution in [1.29, 1.82) is 0 Å². The van der Waals surface area contributed by atoms with Crippen molar-refractivity contribution in [1.82, 2.24) is 4.98 Å². The number of nitrogens with zero attached hydrogens (tertiary/aromatic N) is 2. The molecule has 0 amide bonds. The van der Waals surface area contributed by atoms with E-state index in [9.17, 15) is 0 Å². The van der Waals surface area contributed by atoms with Crippen molar-refractivity contribution in [3.05, 3.63) is 45.2 Å². The van der Waals surface area contributed by atoms with Crippen LogP contribution in [0.5, 0.6) is 0 Å². The van der Waals surface area contributed by atoms with Crippen molar-refractivity contribution < 1.29 is 0 Å². The van der Waals surface area contributed by atoms with Gasteiger partial charge in [0.05, 0.1) is 5.02 Å². The predicted octanol–water partition coefficient (Wildman–Crippen LogP) is 3.32. The first-order valence-electron chi connectivity index (χ1n) is 6.21. The van der Waals surface area contributed by atoms with Crippen LogP contribution in [-0.2, 0) is 13.0 Å². The summed E-state index contributed by atoms with van der Waals surface area (Å²) in [4.78, 5) is 7.92. The van der Waals surface area contributed by atoms with Gasteiger partial charge in [0.2, 0.25) is 0 Å². The molecule has 0 saturated carbocycles. The Morgan fingerprint density at radius 3 is 2.95 bits per heavy atom. The number of thiophene rings is 1. The Morgan fingerprint density at radius 2 is 2.32 bits per heavy atom. The minimum absolute atomic E-state index is 0.373. The molecule has 0 aliphatic heterocycles. The molecule has 19 heavy (non-hydrogen) atoms. The fraction of sp³-hybridized carbons (Fsp3) is 0.357. The Bertz CT molecular complexity index is 527. The molecule has 2 N–H and O–H groups in total. The third-order valence-corrected chi connectivity index (χ3v) is 4.48. The molecule has 0 radical (unpaired) electrons. The van der Waals surface area contributed by atoms with Crippen LogP contribution >= 0.6 is 22.9 Å². The normalized spacial score (nSPS) is 12.4. The van der Waals surface area contributed by atoms with Crippen molar-refractivity contribution in [2.75, 3.05) is 11.9 Å². The smallest absolute Gasteiger partial charge is 0.128 e. The van der Waals surface area contributed by atoms with Crippen molar-refractivity contribution in [3.8, 4) is 0 Å². The van der Waals surface area contributed by atoms with Crippen LogP contribution in [0.1, 0.15) is 17.4 Å². The highest BCUT2D eigenvalue weighted by molar-refractivity contribution is 7.09. The maximum Gasteiger partial charge on any atom is 0.128 e. The summed E-state index contributed by atoms with van der Waals surface area (Å²) in [6, 6.07) is 6.58. The highest BCUT2D eigenvalue weighted by Crippen LogP contribution is 2.22. The number of pyridine rings is 1. The molecule has 0 fully saturated rings. The topological polar surface area (TPSA) is 42.1 Å². The summed E-state index contributed by atoms with van der Waals surface area (Å²) in [5, 5.41) is 2.74. The standard InChI is InChI=1S/C14H18ClN3S/c1-10(6-12-4-3-5-19-12)18(2)14-7-11(8-16)13(15)9-17-14/h3-5,7,9-10H,6,8,16H2,1-2H3. The minimum atomic E-state index is 0.373. The Labute approximate surface area is 123 Å². The SMILES string of the molecule is CC(Cc1cccs1)N(C)c1cc(CN)c(Cl)cn1. The number of hydrogen-bond donors (Lipinski definition) is 1. The lowest BCUT2D eigenvalue weighted by Gasteiger charge is -2.26. The third kappa shape index (κ3) is 3.47. The van der Waals surface area contributed by atoms with Gasteiger partial charge in [0, 0.05) is 37.1 Å². The summed E-state index contributed by atoms with van der Waals surface area (Å²) < 4.78 is 0. The zero-order chi connectivity index (χ0) is 13.8. The van der Waals surface area contributed by atoms with Crippen molar-refractivity contribution in [3.63, 3.8) is 0 Å². The maximum absolute atomic E-state index is 6.04. The molecule has 0 aliphatic carbocycles. The molecule has 0 spiro atoms. The first-order valence-corrected chi connectivity index (χ1v) is 7.47. The zero-order valence-electron chi connectivity index (χ0n) is 11.1. The average molecular weight is 296 g/mol. The number of halogens is 1. The Balaban J connectivity index is 2.12. The average Bonchev–Trinajstić information content (AvgIpc) is 2.91. The fourth-order valence-electron chi connectivity index (χ4n) is 1.90. The van der Waals surface area contributed by atoms with Gasteiger partial charge in [0.15, 0.2) is 0 Å². The highest BCUT2D eigenvalue weighted by Gasteiger charge is 2.13. The molecule has 0 aliphatic rings. The molecule has 0 saturated heterocycles. The quantitative estimate of drug-likeness (QED) is 0.920. The second kappa shape index (κ2) is 6.37. The van der Waals surface area contributed by atoms with Crippen LogP contribution in [0.3, 0.4) is 0 Å². The van der Waals surface area contributed by atoms with E-state index in [2.05, 4.69) is 41.4 Å². The largest absolute Gasteiger partial charge is 0.357 e. The summed E-state index contributed by atoms with van der Waals surface area (Å²) in [5.74, 6) is 0.911. The lowest BCUT2D eigenvalue weighted by Crippen LogP contribution is -2.31. The summed E-state index contributed by atoms with van der Waals surface area (Å²) >= 11 is 7.82. The second-order valence-electron chi connectivity index (χ2n) is 4.58. The molecular formula is C14H18ClN3S. The third-order valence-electron chi connectivity index (χ3n) is 3.24. The van der Waals surface area contributed by atoms with E-state index in [1.165, 1.54) is 4.88 Å². The molecular weight excluding hydrogens is 278 g/mol. The van der Waals surface area contributed by atoms with Gasteiger partial charge in [-0.2, -0.15) is 0 Å². The molecule has 1 atom stereocenters. The van der Waals surface area contributed by atoms with Crippen LogP contribution in [0, 0.1) is 0 Å². The van der Waals surface area contributed by atoms with E-state index in [-0.39, 0.29) is 0 Å². The second-order valence-corrected chi connectivity index (χ2v) is 6.02. The number of hydrogen-bond acceptors (Lipinski definition) is 4. The van der Waals surface area contributed by atoms with Crippen LogP contribution < -0.4 is 10.6 Å². The van der Waals surface area contributed by atoms with E-state index < -0.39 is 0 Å². The van der Waals surface area contributed by atoms with Crippen LogP contribution in [0.15, 0.2) is 29.8 Å². The number of nitrogens with two attached hydrogens (primary N) is 1. The lowest BCUT2D eigenvalue weighted by molar-refractivity contribution is 0.680. The summed E-state index contributed by atoms with van der Waals surface area (Å²) in [6.45, 7) is 2.62. The van der Waals surface area contributed by atoms with Crippen LogP contribution in [0.25, 0.3) is 0 Å². The first-order chi connectivity index (χ1) is 9.11. The summed E-state index contributed by atoms with van der Waals surface area (Å²) in [6.07, 6.45) is 2.68. The first kappa shape index (κ1) is 14.3. The van der Waals surface area contributed by atoms with Crippen molar-refractivity contribution >= 4 is 28.8 Å². The molecule has 3 nitrogen and oxygen atoms in total. The van der Waals surface area contributed by atoms with Gasteiger partial charge in [0.25, 0.3) is 0 Å². The number of anilines is 1. The Kier molecular flexibility index (Phi) is 4.80. The fourth-order valence-corrected chi connectivity index (χ4v) is 2.91. The van der Waals surface area contributed by atoms with Gasteiger partial charge in [0.1, 0.15) is 5.82 Å². The van der Waals surface area contributed by atoms with Crippen molar-refractivity contribution in [2.45, 2.75) is 25.9 Å². The number of likely N-dealkylation sites (N-methyl/N-ethyl adjacent to an activating group) is 1. The van der Waals surface area contributed by atoms with Gasteiger partial charge in [-0.1, -0.05) is 17.7 Å². The van der Waals surface area contributed by atoms with Crippen LogP contribution in [0.4, 0.5) is 5.82 Å². The van der Waals surface area contributed by atoms with E-state index >= 15 is 0 Å². The van der Waals surface area contributed by atoms with E-state index in [1.807, 2.05) is 6.07 Å². The van der Waals surface area contributed by atoms with E-state index in [0.717, 1.165) is 17.8 Å². The molecule has 2 heterocycles. The number of aromatic nitrogens is 1. The Morgan fingerprint density at radius 1 is 1.53 bits per heavy atom. The molecule has 0 aromatic carbocycles. The van der Waals surface area contributed by atoms with Gasteiger partial charge < -0.3 is 10.6 Å². The monoisotopic (exact) mass is 295 g/mol. The molecule has 2 aromatic heterocycles. The predicted molar refractivity (Wildman–Crippen MR) is 83.0 cm³/mol. The molecule has 1 unspecified atom stereocenters. The Hall–Kier alpha value is -1.10. The number of rotatable bonds is 5. The van der Waals surface area contributed by atoms with Crippen molar-refractivity contribution in [2.24, 2.45) is 5.73 Å². The molecule has 0 bridgehead atoms. The van der Waals surface area contributed by atoms with Crippen LogP contribution in [-0.4, -0.2) is 18.1 Å². The minimum Gasteiger partial charge on any atom is -0.357 e. The molecule has 2 aromatic rings. The molecule has 5 heteroatoms. The van der Waals surface area contributed by atoms with Gasteiger partial charge in [-0.25, -0.2) is 4.98 Å². The molecule has 2 rings (SSSR count).